The lowest BCUT2D eigenvalue weighted by molar-refractivity contribution is -0.126. The first-order valence-electron chi connectivity index (χ1n) is 10.1. The minimum atomic E-state index is -0.181. The minimum absolute atomic E-state index is 0.0891. The van der Waals surface area contributed by atoms with Crippen LogP contribution in [0.5, 0.6) is 0 Å². The van der Waals surface area contributed by atoms with Crippen LogP contribution >= 0.6 is 0 Å². The predicted octanol–water partition coefficient (Wildman–Crippen LogP) is 4.33. The number of fused-ring (bicyclic) bond motifs is 1. The zero-order chi connectivity index (χ0) is 20.6. The second-order valence-electron chi connectivity index (χ2n) is 7.07. The summed E-state index contributed by atoms with van der Waals surface area (Å²) in [4.78, 5) is 34.2. The molecule has 0 saturated heterocycles. The van der Waals surface area contributed by atoms with E-state index in [9.17, 15) is 9.59 Å². The monoisotopic (exact) mass is 389 g/mol. The summed E-state index contributed by atoms with van der Waals surface area (Å²) in [5.41, 5.74) is 2.72. The highest BCUT2D eigenvalue weighted by Crippen LogP contribution is 2.10. The van der Waals surface area contributed by atoms with Crippen molar-refractivity contribution < 1.29 is 4.79 Å². The van der Waals surface area contributed by atoms with Crippen molar-refractivity contribution in [1.29, 1.82) is 0 Å². The third kappa shape index (κ3) is 5.41. The molecule has 0 atom stereocenters. The van der Waals surface area contributed by atoms with Crippen LogP contribution in [0.3, 0.4) is 0 Å². The molecule has 1 heterocycles. The molecule has 0 spiro atoms. The summed E-state index contributed by atoms with van der Waals surface area (Å²) in [6, 6.07) is 15.4. The number of benzene rings is 2. The zero-order valence-electron chi connectivity index (χ0n) is 17.0. The van der Waals surface area contributed by atoms with E-state index in [0.29, 0.717) is 23.3 Å². The fourth-order valence-electron chi connectivity index (χ4n) is 3.14. The molecule has 0 aliphatic rings. The van der Waals surface area contributed by atoms with Gasteiger partial charge in [-0.25, -0.2) is 4.98 Å². The first-order valence-corrected chi connectivity index (χ1v) is 10.1. The zero-order valence-corrected chi connectivity index (χ0v) is 17.0. The van der Waals surface area contributed by atoms with Crippen molar-refractivity contribution in [1.82, 2.24) is 14.9 Å². The van der Waals surface area contributed by atoms with Crippen molar-refractivity contribution >= 4 is 22.9 Å². The Morgan fingerprint density at radius 1 is 1.10 bits per heavy atom. The number of aromatic nitrogens is 2. The number of amides is 1. The molecule has 0 aliphatic heterocycles. The largest absolute Gasteiger partial charge is 0.332 e. The second-order valence-corrected chi connectivity index (χ2v) is 7.07. The van der Waals surface area contributed by atoms with Crippen LogP contribution in [-0.4, -0.2) is 27.3 Å². The number of hydrogen-bond acceptors (Lipinski definition) is 3. The Morgan fingerprint density at radius 2 is 1.86 bits per heavy atom. The quantitative estimate of drug-likeness (QED) is 0.583. The highest BCUT2D eigenvalue weighted by Gasteiger charge is 2.13. The van der Waals surface area contributed by atoms with Gasteiger partial charge in [0.25, 0.3) is 5.56 Å². The molecule has 3 aromatic rings. The summed E-state index contributed by atoms with van der Waals surface area (Å²) in [6.07, 6.45) is 6.29. The van der Waals surface area contributed by atoms with Gasteiger partial charge in [0.05, 0.1) is 17.4 Å². The topological polar surface area (TPSA) is 66.1 Å². The van der Waals surface area contributed by atoms with Gasteiger partial charge in [-0.1, -0.05) is 56.7 Å². The lowest BCUT2D eigenvalue weighted by atomic mass is 10.1. The Morgan fingerprint density at radius 3 is 2.59 bits per heavy atom. The summed E-state index contributed by atoms with van der Waals surface area (Å²) in [7, 11) is 0. The van der Waals surface area contributed by atoms with Crippen LogP contribution in [0.2, 0.25) is 0 Å². The molecule has 1 aromatic heterocycles. The van der Waals surface area contributed by atoms with Crippen LogP contribution in [0, 0.1) is 0 Å². The van der Waals surface area contributed by atoms with E-state index >= 15 is 0 Å². The summed E-state index contributed by atoms with van der Waals surface area (Å²) in [5, 5.41) is 0.554. The third-order valence-electron chi connectivity index (χ3n) is 4.90. The van der Waals surface area contributed by atoms with Crippen molar-refractivity contribution in [3.63, 3.8) is 0 Å². The molecule has 3 rings (SSSR count). The Kier molecular flexibility index (Phi) is 6.95. The molecule has 1 N–H and O–H groups in total. The number of unbranched alkanes of at least 4 members (excludes halogenated alkanes) is 1. The number of hydrogen-bond donors (Lipinski definition) is 1. The molecule has 0 fully saturated rings. The highest BCUT2D eigenvalue weighted by molar-refractivity contribution is 5.91. The molecule has 2 aromatic carbocycles. The van der Waals surface area contributed by atoms with Crippen LogP contribution in [-0.2, 0) is 17.8 Å². The summed E-state index contributed by atoms with van der Waals surface area (Å²) in [6.45, 7) is 5.10. The van der Waals surface area contributed by atoms with E-state index < -0.39 is 0 Å². The maximum atomic E-state index is 12.8. The van der Waals surface area contributed by atoms with E-state index in [1.165, 1.54) is 5.56 Å². The van der Waals surface area contributed by atoms with Crippen LogP contribution in [0.25, 0.3) is 17.0 Å². The number of nitrogens with zero attached hydrogens (tertiary/aromatic N) is 2. The van der Waals surface area contributed by atoms with Gasteiger partial charge in [0, 0.05) is 12.6 Å². The highest BCUT2D eigenvalue weighted by atomic mass is 16.2. The average molecular weight is 389 g/mol. The number of rotatable bonds is 8. The van der Waals surface area contributed by atoms with Crippen LogP contribution < -0.4 is 5.56 Å². The molecule has 5 nitrogen and oxygen atoms in total. The molecule has 0 bridgehead atoms. The fraction of sp³-hybridized carbons (Fsp3) is 0.292. The van der Waals surface area contributed by atoms with Crippen molar-refractivity contribution in [2.75, 3.05) is 6.54 Å². The number of H-pyrrole nitrogens is 1. The smallest absolute Gasteiger partial charge is 0.258 e. The van der Waals surface area contributed by atoms with E-state index in [-0.39, 0.29) is 18.0 Å². The first kappa shape index (κ1) is 20.5. The van der Waals surface area contributed by atoms with Crippen LogP contribution in [0.15, 0.2) is 59.4 Å². The van der Waals surface area contributed by atoms with Gasteiger partial charge in [-0.2, -0.15) is 0 Å². The second kappa shape index (κ2) is 9.82. The molecular formula is C24H27N3O2. The van der Waals surface area contributed by atoms with Crippen molar-refractivity contribution in [2.45, 2.75) is 39.7 Å². The lowest BCUT2D eigenvalue weighted by Gasteiger charge is -2.20. The minimum Gasteiger partial charge on any atom is -0.332 e. The van der Waals surface area contributed by atoms with Gasteiger partial charge in [0.2, 0.25) is 5.91 Å². The number of aryl methyl sites for hydroxylation is 1. The SMILES string of the molecule is CCCCN(Cc1nc2ccccc2c(=O)[nH]1)C(=O)/C=C/c1ccc(CC)cc1. The molecule has 0 saturated carbocycles. The van der Waals surface area contributed by atoms with Gasteiger partial charge < -0.3 is 9.88 Å². The number of carbonyl (C=O) groups excluding carboxylic acids is 1. The number of aromatic amines is 1. The van der Waals surface area contributed by atoms with Gasteiger partial charge in [0.1, 0.15) is 5.82 Å². The molecule has 0 unspecified atom stereocenters. The Labute approximate surface area is 171 Å². The predicted molar refractivity (Wildman–Crippen MR) is 118 cm³/mol. The van der Waals surface area contributed by atoms with E-state index in [1.807, 2.05) is 36.4 Å². The molecule has 29 heavy (non-hydrogen) atoms. The lowest BCUT2D eigenvalue weighted by Crippen LogP contribution is -2.31. The molecule has 1 amide bonds. The Hall–Kier alpha value is -3.21. The summed E-state index contributed by atoms with van der Waals surface area (Å²) in [5.74, 6) is 0.410. The van der Waals surface area contributed by atoms with Gasteiger partial charge in [-0.05, 0) is 42.2 Å². The van der Waals surface area contributed by atoms with Crippen molar-refractivity contribution in [3.05, 3.63) is 81.9 Å². The van der Waals surface area contributed by atoms with Gasteiger partial charge in [-0.15, -0.1) is 0 Å². The number of carbonyl (C=O) groups is 1. The van der Waals surface area contributed by atoms with Gasteiger partial charge in [0.15, 0.2) is 0 Å². The van der Waals surface area contributed by atoms with Crippen LogP contribution in [0.1, 0.15) is 43.6 Å². The maximum absolute atomic E-state index is 12.8. The molecule has 0 radical (unpaired) electrons. The molecular weight excluding hydrogens is 362 g/mol. The van der Waals surface area contributed by atoms with Crippen molar-refractivity contribution in [2.24, 2.45) is 0 Å². The van der Waals surface area contributed by atoms with E-state index in [0.717, 1.165) is 24.8 Å². The number of nitrogens with one attached hydrogen (secondary N) is 1. The van der Waals surface area contributed by atoms with Crippen LogP contribution in [0.4, 0.5) is 0 Å². The number of para-hydroxylation sites is 1. The molecule has 150 valence electrons. The van der Waals surface area contributed by atoms with Crippen molar-refractivity contribution in [3.8, 4) is 0 Å². The maximum Gasteiger partial charge on any atom is 0.258 e. The summed E-state index contributed by atoms with van der Waals surface area (Å²) >= 11 is 0. The normalized spacial score (nSPS) is 11.2. The third-order valence-corrected chi connectivity index (χ3v) is 4.90. The van der Waals surface area contributed by atoms with Gasteiger partial charge >= 0.3 is 0 Å². The Bertz CT molecular complexity index is 1050. The van der Waals surface area contributed by atoms with Gasteiger partial charge in [-0.3, -0.25) is 9.59 Å². The fourth-order valence-corrected chi connectivity index (χ4v) is 3.14. The first-order chi connectivity index (χ1) is 14.1. The average Bonchev–Trinajstić information content (AvgIpc) is 2.75. The molecule has 0 aliphatic carbocycles. The standard InChI is InChI=1S/C24H27N3O2/c1-3-5-16-27(23(28)15-14-19-12-10-18(4-2)11-13-19)17-22-25-21-9-7-6-8-20(21)24(29)26-22/h6-15H,3-5,16-17H2,1-2H3,(H,25,26,29)/b15-14+. The van der Waals surface area contributed by atoms with E-state index in [1.54, 1.807) is 17.0 Å². The summed E-state index contributed by atoms with van der Waals surface area (Å²) < 4.78 is 0. The van der Waals surface area contributed by atoms with E-state index in [4.69, 9.17) is 0 Å². The van der Waals surface area contributed by atoms with E-state index in [2.05, 4.69) is 35.9 Å². The Balaban J connectivity index is 1.78. The molecule has 5 heteroatoms.